The Bertz CT molecular complexity index is 706. The lowest BCUT2D eigenvalue weighted by Gasteiger charge is -2.24. The van der Waals surface area contributed by atoms with Gasteiger partial charge in [-0.2, -0.15) is 0 Å². The van der Waals surface area contributed by atoms with Crippen molar-refractivity contribution in [2.45, 2.75) is 65.0 Å². The largest absolute Gasteiger partial charge is 0.352 e. The number of nitrogens with one attached hydrogen (secondary N) is 2. The minimum atomic E-state index is -1.16. The summed E-state index contributed by atoms with van der Waals surface area (Å²) in [6, 6.07) is 7.12. The second-order valence-corrected chi connectivity index (χ2v) is 8.15. The maximum atomic E-state index is 12.9. The van der Waals surface area contributed by atoms with E-state index in [1.807, 2.05) is 38.1 Å². The number of carbonyl (C=O) groups is 3. The molecule has 1 aromatic rings. The molecular formula is C20H29N3O3. The van der Waals surface area contributed by atoms with Crippen molar-refractivity contribution in [2.75, 3.05) is 6.54 Å². The maximum absolute atomic E-state index is 12.9. The van der Waals surface area contributed by atoms with Gasteiger partial charge in [0.1, 0.15) is 12.1 Å². The van der Waals surface area contributed by atoms with Crippen LogP contribution < -0.4 is 10.6 Å². The van der Waals surface area contributed by atoms with Gasteiger partial charge < -0.3 is 10.6 Å². The number of hydrogen-bond donors (Lipinski definition) is 2. The molecule has 1 fully saturated rings. The minimum Gasteiger partial charge on any atom is -0.352 e. The van der Waals surface area contributed by atoms with Gasteiger partial charge in [0.15, 0.2) is 0 Å². The molecule has 2 atom stereocenters. The minimum absolute atomic E-state index is 0.000377. The topological polar surface area (TPSA) is 78.5 Å². The molecule has 0 bridgehead atoms. The van der Waals surface area contributed by atoms with Crippen LogP contribution in [0, 0.1) is 0 Å². The second-order valence-electron chi connectivity index (χ2n) is 8.15. The van der Waals surface area contributed by atoms with Gasteiger partial charge >= 0.3 is 6.03 Å². The van der Waals surface area contributed by atoms with Gasteiger partial charge in [-0.3, -0.25) is 14.5 Å². The highest BCUT2D eigenvalue weighted by Crippen LogP contribution is 2.31. The van der Waals surface area contributed by atoms with Gasteiger partial charge in [-0.1, -0.05) is 52.0 Å². The lowest BCUT2D eigenvalue weighted by atomic mass is 9.84. The first-order valence-corrected chi connectivity index (χ1v) is 9.03. The van der Waals surface area contributed by atoms with E-state index >= 15 is 0 Å². The van der Waals surface area contributed by atoms with Crippen LogP contribution in [0.2, 0.25) is 0 Å². The average molecular weight is 359 g/mol. The zero-order valence-corrected chi connectivity index (χ0v) is 16.5. The Kier molecular flexibility index (Phi) is 5.44. The van der Waals surface area contributed by atoms with Gasteiger partial charge in [-0.15, -0.1) is 0 Å². The third kappa shape index (κ3) is 3.89. The Labute approximate surface area is 155 Å². The molecule has 0 aliphatic carbocycles. The third-order valence-electron chi connectivity index (χ3n) is 4.92. The Morgan fingerprint density at radius 2 is 1.81 bits per heavy atom. The lowest BCUT2D eigenvalue weighted by molar-refractivity contribution is -0.135. The molecule has 26 heavy (non-hydrogen) atoms. The van der Waals surface area contributed by atoms with E-state index in [2.05, 4.69) is 31.4 Å². The van der Waals surface area contributed by atoms with Crippen molar-refractivity contribution in [3.63, 3.8) is 0 Å². The molecule has 6 nitrogen and oxygen atoms in total. The molecule has 4 amide bonds. The van der Waals surface area contributed by atoms with E-state index in [1.54, 1.807) is 6.92 Å². The standard InChI is InChI=1S/C20H29N3O3/c1-7-13(2)21-16(24)12-23-17(25)20(6,22-18(23)26)15-10-8-14(9-11-15)19(3,4)5/h8-11,13H,7,12H2,1-6H3,(H,21,24)(H,22,26). The number of carbonyl (C=O) groups excluding carboxylic acids is 3. The average Bonchev–Trinajstić information content (AvgIpc) is 2.78. The first-order valence-electron chi connectivity index (χ1n) is 9.03. The van der Waals surface area contributed by atoms with Crippen molar-refractivity contribution in [1.82, 2.24) is 15.5 Å². The van der Waals surface area contributed by atoms with Crippen molar-refractivity contribution >= 4 is 17.8 Å². The van der Waals surface area contributed by atoms with Crippen molar-refractivity contribution in [3.8, 4) is 0 Å². The summed E-state index contributed by atoms with van der Waals surface area (Å²) >= 11 is 0. The van der Waals surface area contributed by atoms with E-state index in [4.69, 9.17) is 0 Å². The molecular weight excluding hydrogens is 330 g/mol. The fourth-order valence-corrected chi connectivity index (χ4v) is 2.91. The number of rotatable bonds is 5. The molecule has 2 unspecified atom stereocenters. The van der Waals surface area contributed by atoms with Crippen molar-refractivity contribution in [3.05, 3.63) is 35.4 Å². The Balaban J connectivity index is 2.19. The van der Waals surface area contributed by atoms with Gasteiger partial charge in [-0.25, -0.2) is 4.79 Å². The first kappa shape index (κ1) is 19.9. The van der Waals surface area contributed by atoms with Crippen molar-refractivity contribution in [1.29, 1.82) is 0 Å². The quantitative estimate of drug-likeness (QED) is 0.794. The molecule has 142 valence electrons. The SMILES string of the molecule is CCC(C)NC(=O)CN1C(=O)NC(C)(c2ccc(C(C)(C)C)cc2)C1=O. The number of benzene rings is 1. The van der Waals surface area contributed by atoms with E-state index in [1.165, 1.54) is 0 Å². The third-order valence-corrected chi connectivity index (χ3v) is 4.92. The van der Waals surface area contributed by atoms with Gasteiger partial charge in [0.2, 0.25) is 5.91 Å². The molecule has 6 heteroatoms. The highest BCUT2D eigenvalue weighted by molar-refractivity contribution is 6.09. The number of urea groups is 1. The number of amides is 4. The molecule has 0 aromatic heterocycles. The molecule has 0 saturated carbocycles. The van der Waals surface area contributed by atoms with Crippen LogP contribution in [0.5, 0.6) is 0 Å². The van der Waals surface area contributed by atoms with Gasteiger partial charge in [0, 0.05) is 6.04 Å². The highest BCUT2D eigenvalue weighted by atomic mass is 16.2. The summed E-state index contributed by atoms with van der Waals surface area (Å²) in [6.45, 7) is 11.6. The van der Waals surface area contributed by atoms with Crippen molar-refractivity contribution < 1.29 is 14.4 Å². The summed E-state index contributed by atoms with van der Waals surface area (Å²) in [5, 5.41) is 5.51. The van der Waals surface area contributed by atoms with Crippen LogP contribution in [0.15, 0.2) is 24.3 Å². The molecule has 0 spiro atoms. The number of nitrogens with zero attached hydrogens (tertiary/aromatic N) is 1. The predicted molar refractivity (Wildman–Crippen MR) is 101 cm³/mol. The molecule has 2 rings (SSSR count). The van der Waals surface area contributed by atoms with E-state index in [-0.39, 0.29) is 23.9 Å². The molecule has 2 N–H and O–H groups in total. The van der Waals surface area contributed by atoms with Crippen molar-refractivity contribution in [2.24, 2.45) is 0 Å². The maximum Gasteiger partial charge on any atom is 0.325 e. The summed E-state index contributed by atoms with van der Waals surface area (Å²) in [4.78, 5) is 38.2. The van der Waals surface area contributed by atoms with Gasteiger partial charge in [0.05, 0.1) is 0 Å². The summed E-state index contributed by atoms with van der Waals surface area (Å²) in [5.74, 6) is -0.750. The summed E-state index contributed by atoms with van der Waals surface area (Å²) in [6.07, 6.45) is 0.781. The van der Waals surface area contributed by atoms with E-state index in [0.29, 0.717) is 5.56 Å². The predicted octanol–water partition coefficient (Wildman–Crippen LogP) is 2.67. The Morgan fingerprint density at radius 3 is 2.31 bits per heavy atom. The Morgan fingerprint density at radius 1 is 1.23 bits per heavy atom. The molecule has 1 aliphatic heterocycles. The smallest absolute Gasteiger partial charge is 0.325 e. The molecule has 1 aliphatic rings. The zero-order valence-electron chi connectivity index (χ0n) is 16.5. The summed E-state index contributed by atoms with van der Waals surface area (Å²) < 4.78 is 0. The molecule has 1 saturated heterocycles. The summed E-state index contributed by atoms with van der Waals surface area (Å²) in [5.41, 5.74) is 0.687. The van der Waals surface area contributed by atoms with Gasteiger partial charge in [-0.05, 0) is 36.8 Å². The number of imide groups is 1. The van der Waals surface area contributed by atoms with E-state index in [9.17, 15) is 14.4 Å². The first-order chi connectivity index (χ1) is 12.0. The van der Waals surface area contributed by atoms with Crippen LogP contribution in [-0.2, 0) is 20.5 Å². The lowest BCUT2D eigenvalue weighted by Crippen LogP contribution is -2.44. The number of hydrogen-bond acceptors (Lipinski definition) is 3. The van der Waals surface area contributed by atoms with Gasteiger partial charge in [0.25, 0.3) is 5.91 Å². The summed E-state index contributed by atoms with van der Waals surface area (Å²) in [7, 11) is 0. The van der Waals surface area contributed by atoms with Crippen LogP contribution in [0.4, 0.5) is 4.79 Å². The fourth-order valence-electron chi connectivity index (χ4n) is 2.91. The van der Waals surface area contributed by atoms with E-state index in [0.717, 1.165) is 16.9 Å². The molecule has 1 aromatic carbocycles. The molecule has 0 radical (unpaired) electrons. The zero-order chi connectivity index (χ0) is 19.7. The molecule has 1 heterocycles. The second kappa shape index (κ2) is 7.09. The monoisotopic (exact) mass is 359 g/mol. The van der Waals surface area contributed by atoms with Crippen LogP contribution >= 0.6 is 0 Å². The van der Waals surface area contributed by atoms with Crippen LogP contribution in [0.25, 0.3) is 0 Å². The Hall–Kier alpha value is -2.37. The van der Waals surface area contributed by atoms with Crippen LogP contribution in [0.3, 0.4) is 0 Å². The van der Waals surface area contributed by atoms with Crippen LogP contribution in [-0.4, -0.2) is 35.3 Å². The normalized spacial score (nSPS) is 21.5. The van der Waals surface area contributed by atoms with E-state index < -0.39 is 17.5 Å². The fraction of sp³-hybridized carbons (Fsp3) is 0.550. The van der Waals surface area contributed by atoms with Crippen LogP contribution in [0.1, 0.15) is 59.1 Å². The highest BCUT2D eigenvalue weighted by Gasteiger charge is 2.49.